The van der Waals surface area contributed by atoms with Gasteiger partial charge in [0.25, 0.3) is 10.0 Å². The van der Waals surface area contributed by atoms with Gasteiger partial charge in [-0.3, -0.25) is 15.2 Å². The number of aryl methyl sites for hydroxylation is 2. The summed E-state index contributed by atoms with van der Waals surface area (Å²) in [5.41, 5.74) is 6.53. The van der Waals surface area contributed by atoms with Gasteiger partial charge in [-0.1, -0.05) is 12.1 Å². The topological polar surface area (TPSA) is 172 Å². The monoisotopic (exact) mass is 531 g/mol. The minimum Gasteiger partial charge on any atom is -0.494 e. The van der Waals surface area contributed by atoms with Gasteiger partial charge in [-0.15, -0.1) is 4.41 Å². The Morgan fingerprint density at radius 3 is 2.19 bits per heavy atom. The quantitative estimate of drug-likeness (QED) is 0.224. The normalized spacial score (nSPS) is 12.9. The first kappa shape index (κ1) is 27.5. The van der Waals surface area contributed by atoms with E-state index in [1.807, 2.05) is 0 Å². The van der Waals surface area contributed by atoms with Crippen LogP contribution in [0, 0.1) is 19.3 Å². The molecule has 0 spiro atoms. The second-order valence-corrected chi connectivity index (χ2v) is 10.2. The number of methoxy groups -OCH3 is 2. The number of guanidine groups is 1. The number of nitrogens with zero attached hydrogens (tertiary/aromatic N) is 3. The molecule has 0 aliphatic heterocycles. The minimum absolute atomic E-state index is 0.0471. The maximum absolute atomic E-state index is 13.9. The number of carbonyl (C=O) groups excluding carboxylic acids is 1. The molecule has 37 heavy (non-hydrogen) atoms. The maximum Gasteiger partial charge on any atom is 0.314 e. The largest absolute Gasteiger partial charge is 0.494 e. The number of benzene rings is 1. The molecule has 0 aliphatic rings. The Morgan fingerprint density at radius 1 is 1.11 bits per heavy atom. The van der Waals surface area contributed by atoms with Crippen LogP contribution in [-0.4, -0.2) is 54.3 Å². The van der Waals surface area contributed by atoms with Gasteiger partial charge in [0, 0.05) is 6.20 Å². The Hall–Kier alpha value is -4.10. The summed E-state index contributed by atoms with van der Waals surface area (Å²) < 4.78 is 44.4. The molecule has 198 valence electrons. The molecule has 4 N–H and O–H groups in total. The molecule has 2 heterocycles. The van der Waals surface area contributed by atoms with Crippen LogP contribution >= 0.6 is 0 Å². The van der Waals surface area contributed by atoms with Crippen LogP contribution < -0.4 is 20.2 Å². The Labute approximate surface area is 214 Å². The molecular formula is C24H29N5O7S. The Morgan fingerprint density at radius 2 is 1.73 bits per heavy atom. The van der Waals surface area contributed by atoms with Crippen molar-refractivity contribution >= 4 is 27.6 Å². The van der Waals surface area contributed by atoms with Gasteiger partial charge in [0.2, 0.25) is 5.96 Å². The summed E-state index contributed by atoms with van der Waals surface area (Å²) in [5.74, 6) is -1.76. The first-order valence-electron chi connectivity index (χ1n) is 11.0. The lowest BCUT2D eigenvalue weighted by Gasteiger charge is -2.36. The highest BCUT2D eigenvalue weighted by Gasteiger charge is 2.44. The number of furan rings is 1. The van der Waals surface area contributed by atoms with Gasteiger partial charge in [0.15, 0.2) is 11.4 Å². The standard InChI is InChI=1S/C24H29N5O7S/c1-14-9-11-17(27-13-14)22(30)16(3)37(32,33)29(24(25)26)28(23(31)20-12-10-15(2)36-20)21-18(34-4)7-6-8-19(21)35-5/h6-13,16,22,30H,1-5H3,(H3,25,26)/t16-,22+/m0/s1. The summed E-state index contributed by atoms with van der Waals surface area (Å²) in [6.45, 7) is 4.62. The molecule has 2 aromatic heterocycles. The lowest BCUT2D eigenvalue weighted by molar-refractivity contribution is 0.0927. The summed E-state index contributed by atoms with van der Waals surface area (Å²) in [4.78, 5) is 17.9. The van der Waals surface area contributed by atoms with E-state index in [4.69, 9.17) is 25.0 Å². The van der Waals surface area contributed by atoms with Gasteiger partial charge in [0.1, 0.15) is 28.6 Å². The number of hydrogen-bond donors (Lipinski definition) is 3. The molecule has 2 atom stereocenters. The van der Waals surface area contributed by atoms with Crippen molar-refractivity contribution in [3.05, 3.63) is 71.4 Å². The summed E-state index contributed by atoms with van der Waals surface area (Å²) in [6, 6.07) is 10.6. The number of carbonyl (C=O) groups is 1. The van der Waals surface area contributed by atoms with Crippen LogP contribution in [0.25, 0.3) is 0 Å². The van der Waals surface area contributed by atoms with E-state index in [1.165, 1.54) is 57.7 Å². The highest BCUT2D eigenvalue weighted by atomic mass is 32.2. The number of rotatable bonds is 8. The molecule has 0 saturated carbocycles. The third-order valence-corrected chi connectivity index (χ3v) is 7.58. The predicted molar refractivity (Wildman–Crippen MR) is 136 cm³/mol. The number of ether oxygens (including phenoxy) is 2. The number of amides is 1. The van der Waals surface area contributed by atoms with Gasteiger partial charge in [-0.25, -0.2) is 8.42 Å². The van der Waals surface area contributed by atoms with Crippen molar-refractivity contribution < 1.29 is 32.2 Å². The molecule has 0 bridgehead atoms. The fourth-order valence-corrected chi connectivity index (χ4v) is 4.98. The number of para-hydroxylation sites is 1. The Balaban J connectivity index is 2.24. The van der Waals surface area contributed by atoms with E-state index in [0.717, 1.165) is 5.56 Å². The SMILES string of the molecule is COc1cccc(OC)c1N(C(=O)c1ccc(C)o1)N(C(=N)N)S(=O)(=O)[C@@H](C)[C@@H](O)c1ccc(C)cn1. The lowest BCUT2D eigenvalue weighted by atomic mass is 10.1. The minimum atomic E-state index is -4.76. The average molecular weight is 532 g/mol. The van der Waals surface area contributed by atoms with Crippen LogP contribution in [0.2, 0.25) is 0 Å². The molecule has 0 fully saturated rings. The van der Waals surface area contributed by atoms with Gasteiger partial charge in [-0.2, -0.15) is 5.01 Å². The first-order chi connectivity index (χ1) is 17.4. The smallest absolute Gasteiger partial charge is 0.314 e. The zero-order chi connectivity index (χ0) is 27.5. The zero-order valence-corrected chi connectivity index (χ0v) is 21.8. The van der Waals surface area contributed by atoms with Crippen molar-refractivity contribution in [3.63, 3.8) is 0 Å². The Kier molecular flexibility index (Phi) is 8.09. The van der Waals surface area contributed by atoms with Crippen molar-refractivity contribution in [3.8, 4) is 11.5 Å². The average Bonchev–Trinajstić information content (AvgIpc) is 3.31. The lowest BCUT2D eigenvalue weighted by Crippen LogP contribution is -2.58. The van der Waals surface area contributed by atoms with E-state index in [9.17, 15) is 18.3 Å². The van der Waals surface area contributed by atoms with Crippen molar-refractivity contribution in [2.24, 2.45) is 5.73 Å². The Bertz CT molecular complexity index is 1370. The van der Waals surface area contributed by atoms with Crippen LogP contribution in [-0.2, 0) is 10.0 Å². The summed E-state index contributed by atoms with van der Waals surface area (Å²) in [5, 5.41) is 18.1. The molecule has 13 heteroatoms. The number of pyridine rings is 1. The summed E-state index contributed by atoms with van der Waals surface area (Å²) >= 11 is 0. The molecule has 12 nitrogen and oxygen atoms in total. The molecule has 0 saturated heterocycles. The van der Waals surface area contributed by atoms with E-state index in [-0.39, 0.29) is 33.1 Å². The van der Waals surface area contributed by atoms with E-state index < -0.39 is 33.2 Å². The molecule has 3 aromatic rings. The molecule has 3 rings (SSSR count). The third-order valence-electron chi connectivity index (χ3n) is 5.54. The van der Waals surface area contributed by atoms with Crippen molar-refractivity contribution in [2.45, 2.75) is 32.1 Å². The van der Waals surface area contributed by atoms with Gasteiger partial charge < -0.3 is 24.7 Å². The number of hydrogen-bond acceptors (Lipinski definition) is 9. The fourth-order valence-electron chi connectivity index (χ4n) is 3.54. The van der Waals surface area contributed by atoms with Crippen molar-refractivity contribution in [1.82, 2.24) is 9.40 Å². The number of sulfonamides is 1. The van der Waals surface area contributed by atoms with Crippen LogP contribution in [0.5, 0.6) is 11.5 Å². The molecule has 0 unspecified atom stereocenters. The molecule has 0 aliphatic carbocycles. The van der Waals surface area contributed by atoms with Crippen LogP contribution in [0.15, 0.2) is 53.1 Å². The number of aromatic nitrogens is 1. The van der Waals surface area contributed by atoms with E-state index in [2.05, 4.69) is 4.98 Å². The van der Waals surface area contributed by atoms with Gasteiger partial charge in [0.05, 0.1) is 19.9 Å². The van der Waals surface area contributed by atoms with Crippen LogP contribution in [0.1, 0.15) is 40.6 Å². The van der Waals surface area contributed by atoms with E-state index in [0.29, 0.717) is 10.8 Å². The fraction of sp³-hybridized carbons (Fsp3) is 0.292. The second-order valence-electron chi connectivity index (χ2n) is 8.12. The van der Waals surface area contributed by atoms with E-state index >= 15 is 0 Å². The number of hydrazine groups is 1. The molecular weight excluding hydrogens is 502 g/mol. The number of nitrogens with one attached hydrogen (secondary N) is 1. The highest BCUT2D eigenvalue weighted by molar-refractivity contribution is 7.90. The van der Waals surface area contributed by atoms with Crippen molar-refractivity contribution in [2.75, 3.05) is 19.2 Å². The van der Waals surface area contributed by atoms with E-state index in [1.54, 1.807) is 26.0 Å². The third kappa shape index (κ3) is 5.37. The molecule has 1 amide bonds. The number of nitrogens with two attached hydrogens (primary N) is 1. The van der Waals surface area contributed by atoms with Gasteiger partial charge in [-0.05, 0) is 56.7 Å². The number of aliphatic hydroxyl groups is 1. The molecule has 0 radical (unpaired) electrons. The summed E-state index contributed by atoms with van der Waals surface area (Å²) in [6.07, 6.45) is -0.134. The second kappa shape index (κ2) is 10.9. The maximum atomic E-state index is 13.9. The number of aliphatic hydroxyl groups excluding tert-OH is 1. The first-order valence-corrected chi connectivity index (χ1v) is 12.5. The highest BCUT2D eigenvalue weighted by Crippen LogP contribution is 2.41. The van der Waals surface area contributed by atoms with Crippen LogP contribution in [0.4, 0.5) is 5.69 Å². The summed E-state index contributed by atoms with van der Waals surface area (Å²) in [7, 11) is -2.12. The van der Waals surface area contributed by atoms with Crippen LogP contribution in [0.3, 0.4) is 0 Å². The molecule has 1 aromatic carbocycles. The van der Waals surface area contributed by atoms with Crippen molar-refractivity contribution in [1.29, 1.82) is 5.41 Å². The van der Waals surface area contributed by atoms with Gasteiger partial charge >= 0.3 is 5.91 Å². The number of anilines is 1. The zero-order valence-electron chi connectivity index (χ0n) is 21.0. The predicted octanol–water partition coefficient (Wildman–Crippen LogP) is 2.52.